The van der Waals surface area contributed by atoms with Gasteiger partial charge in [-0.1, -0.05) is 60.1 Å². The molecule has 0 saturated carbocycles. The fourth-order valence-corrected chi connectivity index (χ4v) is 7.75. The number of nitrogens with one attached hydrogen (secondary N) is 11. The molecule has 13 atom stereocenters. The van der Waals surface area contributed by atoms with Crippen molar-refractivity contribution in [1.82, 2.24) is 53.2 Å². The van der Waals surface area contributed by atoms with E-state index in [1.54, 1.807) is 58.8 Å². The quantitative estimate of drug-likeness (QED) is 0.0416. The highest BCUT2D eigenvalue weighted by Crippen LogP contribution is 2.22. The Morgan fingerprint density at radius 1 is 0.688 bits per heavy atom. The third-order valence-corrected chi connectivity index (χ3v) is 12.6. The molecular weight excluding hydrogens is 1010 g/mol. The van der Waals surface area contributed by atoms with Crippen LogP contribution >= 0.6 is 0 Å². The molecule has 21 N–H and O–H groups in total. The molecule has 0 bridgehead atoms. The Morgan fingerprint density at radius 2 is 1.21 bits per heavy atom. The van der Waals surface area contributed by atoms with Crippen LogP contribution in [0, 0.1) is 23.2 Å². The highest BCUT2D eigenvalue weighted by atomic mass is 16.3. The minimum absolute atomic E-state index is 0.0556. The molecule has 1 aromatic rings. The van der Waals surface area contributed by atoms with Crippen molar-refractivity contribution in [2.75, 3.05) is 38.7 Å². The number of nitrogens with zero attached hydrogens (tertiary/aromatic N) is 1. The van der Waals surface area contributed by atoms with Gasteiger partial charge in [0.15, 0.2) is 12.1 Å². The number of primary amides is 1. The van der Waals surface area contributed by atoms with Gasteiger partial charge in [-0.15, -0.1) is 0 Å². The van der Waals surface area contributed by atoms with Gasteiger partial charge < -0.3 is 95.7 Å². The van der Waals surface area contributed by atoms with E-state index in [2.05, 4.69) is 47.9 Å². The first kappa shape index (κ1) is 65.9. The summed E-state index contributed by atoms with van der Waals surface area (Å²) in [5.74, 6) is -13.7. The fourth-order valence-electron chi connectivity index (χ4n) is 7.75. The van der Waals surface area contributed by atoms with E-state index in [1.807, 2.05) is 5.32 Å². The fraction of sp³-hybridized carbons (Fsp3) is 0.646. The van der Waals surface area contributed by atoms with Gasteiger partial charge in [0.25, 0.3) is 0 Å². The van der Waals surface area contributed by atoms with Crippen molar-refractivity contribution in [3.63, 3.8) is 0 Å². The summed E-state index contributed by atoms with van der Waals surface area (Å²) < 4.78 is 0. The molecule has 10 amide bonds. The number of carbonyl (C=O) groups excluding carboxylic acids is 10. The van der Waals surface area contributed by atoms with Crippen molar-refractivity contribution >= 4 is 70.7 Å². The minimum atomic E-state index is -2.48. The van der Waals surface area contributed by atoms with Gasteiger partial charge in [-0.05, 0) is 61.6 Å². The monoisotopic (exact) mass is 1090 g/mol. The zero-order valence-corrected chi connectivity index (χ0v) is 45.0. The molecular formula is C48H81N15O14. The van der Waals surface area contributed by atoms with Crippen LogP contribution in [0.2, 0.25) is 0 Å². The molecule has 0 aromatic heterocycles. The number of hydrogen-bond acceptors (Lipinski definition) is 17. The summed E-state index contributed by atoms with van der Waals surface area (Å²) in [4.78, 5) is 140. The minimum Gasteiger partial charge on any atom is -0.394 e. The molecule has 0 radical (unpaired) electrons. The maximum absolute atomic E-state index is 14.4. The van der Waals surface area contributed by atoms with E-state index >= 15 is 0 Å². The largest absolute Gasteiger partial charge is 0.394 e. The van der Waals surface area contributed by atoms with Gasteiger partial charge in [0, 0.05) is 26.3 Å². The number of anilines is 1. The second kappa shape index (κ2) is 31.1. The molecule has 0 unspecified atom stereocenters. The number of hydrogen-bond donors (Lipinski definition) is 18. The van der Waals surface area contributed by atoms with Crippen molar-refractivity contribution in [2.24, 2.45) is 35.0 Å². The lowest BCUT2D eigenvalue weighted by Crippen LogP contribution is -2.64. The van der Waals surface area contributed by atoms with Crippen molar-refractivity contribution in [2.45, 2.75) is 147 Å². The lowest BCUT2D eigenvalue weighted by Gasteiger charge is -2.32. The summed E-state index contributed by atoms with van der Waals surface area (Å²) in [7, 11) is 3.48. The van der Waals surface area contributed by atoms with Gasteiger partial charge in [-0.3, -0.25) is 53.4 Å². The van der Waals surface area contributed by atoms with Crippen molar-refractivity contribution in [1.29, 1.82) is 5.41 Å². The average Bonchev–Trinajstić information content (AvgIpc) is 3.36. The summed E-state index contributed by atoms with van der Waals surface area (Å²) in [5, 5.41) is 74.7. The van der Waals surface area contributed by atoms with Gasteiger partial charge >= 0.3 is 0 Å². The maximum atomic E-state index is 14.4. The van der Waals surface area contributed by atoms with Crippen LogP contribution in [0.1, 0.15) is 85.8 Å². The van der Waals surface area contributed by atoms with Crippen LogP contribution in [0.15, 0.2) is 24.3 Å². The molecule has 0 aliphatic carbocycles. The summed E-state index contributed by atoms with van der Waals surface area (Å²) in [6, 6.07) is -9.38. The molecule has 1 fully saturated rings. The van der Waals surface area contributed by atoms with E-state index in [9.17, 15) is 68.4 Å². The zero-order valence-electron chi connectivity index (χ0n) is 45.0. The molecule has 0 spiro atoms. The number of benzene rings is 1. The van der Waals surface area contributed by atoms with Gasteiger partial charge in [0.05, 0.1) is 31.4 Å². The highest BCUT2D eigenvalue weighted by Gasteiger charge is 2.40. The van der Waals surface area contributed by atoms with Crippen molar-refractivity contribution < 1.29 is 68.4 Å². The molecule has 2 rings (SSSR count). The molecule has 29 nitrogen and oxygen atoms in total. The lowest BCUT2D eigenvalue weighted by atomic mass is 9.95. The first-order valence-electron chi connectivity index (χ1n) is 25.2. The molecule has 77 heavy (non-hydrogen) atoms. The van der Waals surface area contributed by atoms with Crippen LogP contribution in [0.4, 0.5) is 5.69 Å². The van der Waals surface area contributed by atoms with Gasteiger partial charge in [-0.2, -0.15) is 0 Å². The van der Waals surface area contributed by atoms with Crippen LogP contribution in [0.25, 0.3) is 0 Å². The zero-order chi connectivity index (χ0) is 58.6. The van der Waals surface area contributed by atoms with E-state index < -0.39 is 157 Å². The van der Waals surface area contributed by atoms with Gasteiger partial charge in [0.1, 0.15) is 48.3 Å². The average molecular weight is 1090 g/mol. The third kappa shape index (κ3) is 20.4. The number of nitrogens with two attached hydrogens (primary N) is 3. The third-order valence-electron chi connectivity index (χ3n) is 12.6. The van der Waals surface area contributed by atoms with Crippen LogP contribution in [0.3, 0.4) is 0 Å². The molecule has 1 heterocycles. The summed E-state index contributed by atoms with van der Waals surface area (Å²) in [6.07, 6.45) is -5.59. The first-order chi connectivity index (χ1) is 35.9. The molecule has 1 aromatic carbocycles. The van der Waals surface area contributed by atoms with E-state index in [0.717, 1.165) is 6.92 Å². The molecule has 1 saturated heterocycles. The Kier molecular flexibility index (Phi) is 26.6. The molecule has 1 aliphatic rings. The maximum Gasteiger partial charge on any atom is 0.248 e. The predicted molar refractivity (Wildman–Crippen MR) is 279 cm³/mol. The van der Waals surface area contributed by atoms with Crippen LogP contribution in [0.5, 0.6) is 0 Å². The number of aliphatic hydroxyl groups excluding tert-OH is 4. The molecule has 1 aliphatic heterocycles. The highest BCUT2D eigenvalue weighted by molar-refractivity contribution is 5.99. The van der Waals surface area contributed by atoms with Crippen LogP contribution < -0.4 is 75.3 Å². The van der Waals surface area contributed by atoms with E-state index in [1.165, 1.54) is 26.0 Å². The second-order valence-corrected chi connectivity index (χ2v) is 19.9. The summed E-state index contributed by atoms with van der Waals surface area (Å²) >= 11 is 0. The van der Waals surface area contributed by atoms with E-state index in [-0.39, 0.29) is 49.7 Å². The van der Waals surface area contributed by atoms with Crippen molar-refractivity contribution in [3.8, 4) is 0 Å². The van der Waals surface area contributed by atoms with Crippen molar-refractivity contribution in [3.05, 3.63) is 29.8 Å². The van der Waals surface area contributed by atoms with E-state index in [4.69, 9.17) is 22.6 Å². The topological polar surface area (TPSA) is 477 Å². The van der Waals surface area contributed by atoms with Crippen LogP contribution in [-0.4, -0.2) is 186 Å². The first-order valence-corrected chi connectivity index (χ1v) is 25.2. The number of guanidine groups is 1. The van der Waals surface area contributed by atoms with Gasteiger partial charge in [0.2, 0.25) is 59.1 Å². The Labute approximate surface area is 447 Å². The van der Waals surface area contributed by atoms with Gasteiger partial charge in [-0.25, -0.2) is 0 Å². The normalized spacial score (nSPS) is 26.0. The van der Waals surface area contributed by atoms with E-state index in [0.29, 0.717) is 5.69 Å². The molecule has 29 heteroatoms. The van der Waals surface area contributed by atoms with Crippen LogP contribution in [-0.2, 0) is 47.9 Å². The Morgan fingerprint density at radius 3 is 1.73 bits per heavy atom. The SMILES string of the molecule is CC[C@H](C)[C@@H]1NC(=O)[C@@H](CCCNC(=N)N)NC(=O)[C@H](CC(C)C)NC(=O)[C@H]([C@H](O)C(C)C)NC(=O)[C@@H](N)[C@@H](c2ccc(N(C)C)cc2)NC(=O)[C@H](CO)NC(=O)[C@H]([C@H](O)C(N)=O)NC(=O)CNC(=O)[C@H]([C@H](C)O)NC1=O. The summed E-state index contributed by atoms with van der Waals surface area (Å²) in [5.41, 5.74) is 18.1. The molecule has 432 valence electrons. The lowest BCUT2D eigenvalue weighted by molar-refractivity contribution is -0.140. The summed E-state index contributed by atoms with van der Waals surface area (Å²) in [6.45, 7) is 8.81. The number of amides is 10. The number of aliphatic hydroxyl groups is 4. The Hall–Kier alpha value is -7.21. The smallest absolute Gasteiger partial charge is 0.248 e. The Bertz CT molecular complexity index is 2230. The number of carbonyl (C=O) groups is 10. The second-order valence-electron chi connectivity index (χ2n) is 19.9. The Balaban J connectivity index is 2.90. The predicted octanol–water partition coefficient (Wildman–Crippen LogP) is -6.65. The number of rotatable bonds is 16. The standard InChI is InChI=1S/C48H81N15O14/c1-10-23(6)32-45(75)60-33(24(7)65)44(74)54-19-30(66)58-36(38(68)39(50)69)47(77)57-29(20-64)42(72)61-34(25-13-15-26(16-14-25)63(8)9)31(49)43(73)62-35(37(67)22(4)5)46(76)56-28(18-21(2)3)41(71)55-27(40(70)59-32)12-11-17-53-48(51)52/h13-16,21-24,27-29,31-38,64-65,67-68H,10-12,17-20,49H2,1-9H3,(H2,50,69)(H,54,74)(H,55,71)(H,56,76)(H,57,77)(H,58,66)(H,59,70)(H,60,75)(H,61,72)(H,62,73)(H4,51,52,53)/t23-,24-,27+,28-,29-,31-,32-,33-,34+,35-,36-,37+,38-/m0/s1.